The molecule has 2 atom stereocenters. The quantitative estimate of drug-likeness (QED) is 0.460. The first-order valence-electron chi connectivity index (χ1n) is 6.00. The molecular formula is C11H24N3OSi+. The van der Waals surface area contributed by atoms with Crippen molar-refractivity contribution in [2.45, 2.75) is 70.3 Å². The van der Waals surface area contributed by atoms with Gasteiger partial charge in [0.05, 0.1) is 0 Å². The van der Waals surface area contributed by atoms with Crippen LogP contribution in [0, 0.1) is 5.53 Å². The van der Waals surface area contributed by atoms with Crippen LogP contribution in [0.4, 0.5) is 0 Å². The van der Waals surface area contributed by atoms with E-state index in [4.69, 9.17) is 9.96 Å². The monoisotopic (exact) mass is 242 g/mol. The summed E-state index contributed by atoms with van der Waals surface area (Å²) in [7, 11) is -1.64. The second-order valence-corrected chi connectivity index (χ2v) is 10.9. The maximum Gasteiger partial charge on any atom is 0.214 e. The van der Waals surface area contributed by atoms with Gasteiger partial charge in [-0.15, -0.1) is 0 Å². The van der Waals surface area contributed by atoms with E-state index in [1.165, 1.54) is 0 Å². The van der Waals surface area contributed by atoms with Crippen molar-refractivity contribution < 1.29 is 4.43 Å². The van der Waals surface area contributed by atoms with E-state index < -0.39 is 8.32 Å². The molecule has 0 bridgehead atoms. The molecule has 0 aliphatic heterocycles. The summed E-state index contributed by atoms with van der Waals surface area (Å²) in [5.74, 6) is 0. The first-order chi connectivity index (χ1) is 7.26. The second-order valence-electron chi connectivity index (χ2n) is 6.18. The Hall–Kier alpha value is -0.513. The average molecular weight is 242 g/mol. The number of nitrogens with zero attached hydrogens (tertiary/aromatic N) is 2. The highest BCUT2D eigenvalue weighted by molar-refractivity contribution is 6.74. The normalized spacial score (nSPS) is 26.6. The number of rotatable bonds is 3. The van der Waals surface area contributed by atoms with Crippen LogP contribution in [0.1, 0.15) is 40.0 Å². The Morgan fingerprint density at radius 2 is 1.94 bits per heavy atom. The average Bonchev–Trinajstić information content (AvgIpc) is 2.50. The van der Waals surface area contributed by atoms with Gasteiger partial charge in [-0.1, -0.05) is 20.8 Å². The van der Waals surface area contributed by atoms with Gasteiger partial charge in [0, 0.05) is 12.5 Å². The third-order valence-electron chi connectivity index (χ3n) is 3.85. The van der Waals surface area contributed by atoms with Crippen LogP contribution in [0.25, 0.3) is 0 Å². The first-order valence-corrected chi connectivity index (χ1v) is 8.91. The van der Waals surface area contributed by atoms with Gasteiger partial charge in [-0.3, -0.25) is 0 Å². The van der Waals surface area contributed by atoms with Gasteiger partial charge in [0.2, 0.25) is 4.91 Å². The zero-order valence-electron chi connectivity index (χ0n) is 11.1. The molecule has 1 rings (SSSR count). The molecule has 92 valence electrons. The van der Waals surface area contributed by atoms with Crippen molar-refractivity contribution >= 4 is 8.32 Å². The summed E-state index contributed by atoms with van der Waals surface area (Å²) in [5, 5.41) is 4.16. The van der Waals surface area contributed by atoms with Crippen LogP contribution in [0.5, 0.6) is 0 Å². The maximum absolute atomic E-state index is 6.74. The Labute approximate surface area is 99.1 Å². The molecule has 0 unspecified atom stereocenters. The van der Waals surface area contributed by atoms with Crippen LogP contribution in [0.2, 0.25) is 18.1 Å². The smallest absolute Gasteiger partial charge is 0.214 e. The fourth-order valence-corrected chi connectivity index (χ4v) is 3.21. The van der Waals surface area contributed by atoms with E-state index in [9.17, 15) is 0 Å². The summed E-state index contributed by atoms with van der Waals surface area (Å²) in [5.41, 5.74) is 6.74. The highest BCUT2D eigenvalue weighted by Gasteiger charge is 2.41. The summed E-state index contributed by atoms with van der Waals surface area (Å²) in [6.07, 6.45) is 3.35. The van der Waals surface area contributed by atoms with Gasteiger partial charge in [0.15, 0.2) is 8.32 Å². The summed E-state index contributed by atoms with van der Waals surface area (Å²) in [4.78, 5) is 3.13. The maximum atomic E-state index is 6.74. The van der Waals surface area contributed by atoms with E-state index in [0.717, 1.165) is 19.3 Å². The van der Waals surface area contributed by atoms with Crippen molar-refractivity contribution in [1.29, 1.82) is 5.53 Å². The molecule has 1 fully saturated rings. The Kier molecular flexibility index (Phi) is 4.05. The van der Waals surface area contributed by atoms with E-state index in [1.54, 1.807) is 0 Å². The molecule has 1 aliphatic rings. The molecule has 1 N–H and O–H groups in total. The fraction of sp³-hybridized carbons (Fsp3) is 1.00. The zero-order chi connectivity index (χ0) is 12.4. The van der Waals surface area contributed by atoms with E-state index >= 15 is 0 Å². The van der Waals surface area contributed by atoms with E-state index in [1.807, 2.05) is 0 Å². The molecule has 0 radical (unpaired) electrons. The molecule has 0 aromatic carbocycles. The molecular weight excluding hydrogens is 218 g/mol. The standard InChI is InChI=1S/C11H24N3OSi/c1-11(2,3)16(4,5)15-10-7-6-9(8-10)13-14-12/h9-10,12H,6-8H2,1-5H3/q+1/t9-,10-/m0/s1. The van der Waals surface area contributed by atoms with Crippen LogP contribution < -0.4 is 4.91 Å². The lowest BCUT2D eigenvalue weighted by molar-refractivity contribution is 0.186. The third kappa shape index (κ3) is 3.24. The van der Waals surface area contributed by atoms with E-state index in [-0.39, 0.29) is 11.1 Å². The molecule has 5 heteroatoms. The lowest BCUT2D eigenvalue weighted by Gasteiger charge is -2.38. The Balaban J connectivity index is 2.54. The molecule has 0 heterocycles. The van der Waals surface area contributed by atoms with Crippen LogP contribution in [0.15, 0.2) is 5.11 Å². The van der Waals surface area contributed by atoms with Crippen molar-refractivity contribution in [2.75, 3.05) is 0 Å². The van der Waals surface area contributed by atoms with Crippen molar-refractivity contribution in [3.05, 3.63) is 0 Å². The third-order valence-corrected chi connectivity index (χ3v) is 8.38. The van der Waals surface area contributed by atoms with Crippen molar-refractivity contribution in [3.63, 3.8) is 0 Å². The van der Waals surface area contributed by atoms with Crippen LogP contribution in [-0.2, 0) is 4.43 Å². The Bertz CT molecular complexity index is 292. The molecule has 4 nitrogen and oxygen atoms in total. The molecule has 0 aromatic heterocycles. The van der Waals surface area contributed by atoms with E-state index in [0.29, 0.717) is 6.10 Å². The number of nitrogens with one attached hydrogen (secondary N) is 1. The minimum absolute atomic E-state index is 0.215. The lowest BCUT2D eigenvalue weighted by Crippen LogP contribution is -2.43. The zero-order valence-corrected chi connectivity index (χ0v) is 12.1. The summed E-state index contributed by atoms with van der Waals surface area (Å²) >= 11 is 0. The molecule has 1 saturated carbocycles. The molecule has 16 heavy (non-hydrogen) atoms. The van der Waals surface area contributed by atoms with Gasteiger partial charge in [0.25, 0.3) is 0 Å². The summed E-state index contributed by atoms with van der Waals surface area (Å²) in [6.45, 7) is 11.3. The highest BCUT2D eigenvalue weighted by atomic mass is 28.4. The Morgan fingerprint density at radius 1 is 1.31 bits per heavy atom. The highest BCUT2D eigenvalue weighted by Crippen LogP contribution is 2.39. The van der Waals surface area contributed by atoms with Gasteiger partial charge in [-0.25, -0.2) is 0 Å². The largest absolute Gasteiger partial charge is 0.414 e. The number of hydrogen-bond donors (Lipinski definition) is 1. The van der Waals surface area contributed by atoms with Crippen LogP contribution in [-0.4, -0.2) is 20.5 Å². The van der Waals surface area contributed by atoms with Gasteiger partial charge >= 0.3 is 0 Å². The van der Waals surface area contributed by atoms with Crippen molar-refractivity contribution in [1.82, 2.24) is 4.91 Å². The summed E-state index contributed by atoms with van der Waals surface area (Å²) < 4.78 is 6.32. The molecule has 1 aliphatic carbocycles. The molecule has 0 spiro atoms. The molecule has 0 saturated heterocycles. The van der Waals surface area contributed by atoms with Gasteiger partial charge in [0.1, 0.15) is 16.7 Å². The summed E-state index contributed by atoms with van der Waals surface area (Å²) in [6, 6.07) is 0.215. The predicted molar refractivity (Wildman–Crippen MR) is 67.0 cm³/mol. The van der Waals surface area contributed by atoms with Gasteiger partial charge < -0.3 is 4.43 Å². The van der Waals surface area contributed by atoms with Crippen molar-refractivity contribution in [3.8, 4) is 0 Å². The Morgan fingerprint density at radius 3 is 2.44 bits per heavy atom. The minimum atomic E-state index is -1.64. The van der Waals surface area contributed by atoms with Crippen molar-refractivity contribution in [2.24, 2.45) is 5.11 Å². The predicted octanol–water partition coefficient (Wildman–Crippen LogP) is 3.48. The lowest BCUT2D eigenvalue weighted by atomic mass is 10.2. The van der Waals surface area contributed by atoms with Crippen LogP contribution >= 0.6 is 0 Å². The molecule has 0 amide bonds. The number of hydrogen-bond acceptors (Lipinski definition) is 3. The van der Waals surface area contributed by atoms with E-state index in [2.05, 4.69) is 43.9 Å². The SMILES string of the molecule is CC(C)(C)[Si](C)(C)O[C@H]1CC[C@H](N=[N+]=N)C1. The molecule has 0 aromatic rings. The first kappa shape index (κ1) is 13.6. The second kappa shape index (κ2) is 4.78. The van der Waals surface area contributed by atoms with Gasteiger partial charge in [-0.2, -0.15) is 0 Å². The van der Waals surface area contributed by atoms with Crippen LogP contribution in [0.3, 0.4) is 0 Å². The minimum Gasteiger partial charge on any atom is -0.414 e. The topological polar surface area (TPSA) is 59.5 Å². The fourth-order valence-electron chi connectivity index (χ4n) is 1.80. The van der Waals surface area contributed by atoms with Gasteiger partial charge in [-0.05, 0) is 31.0 Å².